The number of hydrogen-bond donors (Lipinski definition) is 1. The fraction of sp³-hybridized carbons (Fsp3) is 0.692. The quantitative estimate of drug-likeness (QED) is 0.847. The highest BCUT2D eigenvalue weighted by Gasteiger charge is 2.31. The molecule has 1 N–H and O–H groups in total. The Morgan fingerprint density at radius 3 is 2.95 bits per heavy atom. The number of thioether (sulfide) groups is 1. The van der Waals surface area contributed by atoms with Crippen molar-refractivity contribution in [2.75, 3.05) is 5.75 Å². The lowest BCUT2D eigenvalue weighted by Gasteiger charge is -2.18. The second-order valence-electron chi connectivity index (χ2n) is 5.41. The maximum Gasteiger partial charge on any atom is 0.308 e. The Balaban J connectivity index is 1.88. The number of carboxylic acids is 1. The van der Waals surface area contributed by atoms with E-state index in [9.17, 15) is 4.79 Å². The molecule has 1 atom stereocenters. The molecule has 1 aliphatic heterocycles. The van der Waals surface area contributed by atoms with E-state index < -0.39 is 5.97 Å². The molecule has 19 heavy (non-hydrogen) atoms. The van der Waals surface area contributed by atoms with Crippen LogP contribution in [0.4, 0.5) is 0 Å². The van der Waals surface area contributed by atoms with Gasteiger partial charge in [0.15, 0.2) is 0 Å². The molecule has 1 unspecified atom stereocenters. The van der Waals surface area contributed by atoms with Crippen molar-refractivity contribution < 1.29 is 14.6 Å². The molecule has 0 saturated carbocycles. The molecule has 0 bridgehead atoms. The molecule has 2 rings (SSSR count). The second-order valence-corrected chi connectivity index (χ2v) is 7.76. The van der Waals surface area contributed by atoms with Crippen molar-refractivity contribution in [2.24, 2.45) is 0 Å². The summed E-state index contributed by atoms with van der Waals surface area (Å²) >= 11 is 3.16. The largest absolute Gasteiger partial charge is 0.481 e. The van der Waals surface area contributed by atoms with E-state index in [-0.39, 0.29) is 18.1 Å². The van der Waals surface area contributed by atoms with Gasteiger partial charge in [-0.25, -0.2) is 4.98 Å². The predicted molar refractivity (Wildman–Crippen MR) is 77.1 cm³/mol. The number of nitrogens with zero attached hydrogens (tertiary/aromatic N) is 1. The Hall–Kier alpha value is -0.590. The number of carbonyl (C=O) groups is 1. The Bertz CT molecular complexity index is 470. The van der Waals surface area contributed by atoms with Crippen LogP contribution < -0.4 is 0 Å². The first-order valence-electron chi connectivity index (χ1n) is 6.34. The fourth-order valence-corrected chi connectivity index (χ4v) is 4.41. The molecule has 1 fully saturated rings. The molecule has 0 amide bonds. The molecule has 0 spiro atoms. The molecule has 0 aromatic carbocycles. The molecule has 1 aromatic heterocycles. The molecule has 0 aliphatic carbocycles. The first-order chi connectivity index (χ1) is 8.85. The molecular formula is C13H19NO3S2. The van der Waals surface area contributed by atoms with Crippen molar-refractivity contribution in [2.45, 2.75) is 56.1 Å². The maximum absolute atomic E-state index is 10.7. The van der Waals surface area contributed by atoms with Crippen LogP contribution in [0.1, 0.15) is 37.3 Å². The summed E-state index contributed by atoms with van der Waals surface area (Å²) in [5.41, 5.74) is 0.834. The van der Waals surface area contributed by atoms with E-state index in [0.717, 1.165) is 33.5 Å². The lowest BCUT2D eigenvalue weighted by atomic mass is 10.1. The summed E-state index contributed by atoms with van der Waals surface area (Å²) in [5.74, 6) is 0.0901. The van der Waals surface area contributed by atoms with Crippen LogP contribution in [-0.4, -0.2) is 33.5 Å². The summed E-state index contributed by atoms with van der Waals surface area (Å²) < 4.78 is 6.88. The number of ether oxygens (including phenoxy) is 1. The Kier molecular flexibility index (Phi) is 4.53. The van der Waals surface area contributed by atoms with Crippen molar-refractivity contribution in [3.8, 4) is 0 Å². The molecule has 2 heterocycles. The maximum atomic E-state index is 10.7. The van der Waals surface area contributed by atoms with Gasteiger partial charge >= 0.3 is 5.97 Å². The van der Waals surface area contributed by atoms with Gasteiger partial charge in [0, 0.05) is 10.6 Å². The zero-order chi connectivity index (χ0) is 14.0. The van der Waals surface area contributed by atoms with E-state index in [4.69, 9.17) is 9.84 Å². The highest BCUT2D eigenvalue weighted by molar-refractivity contribution is 8.01. The molecule has 6 heteroatoms. The molecule has 1 saturated heterocycles. The van der Waals surface area contributed by atoms with Crippen molar-refractivity contribution in [1.29, 1.82) is 0 Å². The average Bonchev–Trinajstić information content (AvgIpc) is 2.79. The Labute approximate surface area is 121 Å². The summed E-state index contributed by atoms with van der Waals surface area (Å²) in [4.78, 5) is 16.0. The topological polar surface area (TPSA) is 59.4 Å². The number of carboxylic acid groups (broad SMARTS) is 1. The van der Waals surface area contributed by atoms with Crippen molar-refractivity contribution in [3.05, 3.63) is 10.6 Å². The van der Waals surface area contributed by atoms with Gasteiger partial charge in [-0.2, -0.15) is 0 Å². The minimum Gasteiger partial charge on any atom is -0.481 e. The van der Waals surface area contributed by atoms with Gasteiger partial charge in [0.2, 0.25) is 0 Å². The number of rotatable bonds is 5. The van der Waals surface area contributed by atoms with E-state index in [0.29, 0.717) is 0 Å². The number of hydrogen-bond acceptors (Lipinski definition) is 5. The number of thiazole rings is 1. The number of aryl methyl sites for hydroxylation is 1. The SMILES string of the molecule is Cc1nc(SCC2CCC(C)(C)O2)sc1CC(=O)O. The summed E-state index contributed by atoms with van der Waals surface area (Å²) in [6.07, 6.45) is 2.54. The number of aliphatic carboxylic acids is 1. The van der Waals surface area contributed by atoms with Crippen molar-refractivity contribution >= 4 is 29.1 Å². The van der Waals surface area contributed by atoms with E-state index in [1.807, 2.05) is 6.92 Å². The molecule has 0 radical (unpaired) electrons. The van der Waals surface area contributed by atoms with Gasteiger partial charge in [-0.1, -0.05) is 11.8 Å². The third kappa shape index (κ3) is 4.19. The lowest BCUT2D eigenvalue weighted by Crippen LogP contribution is -2.20. The zero-order valence-corrected chi connectivity index (χ0v) is 13.1. The zero-order valence-electron chi connectivity index (χ0n) is 11.4. The van der Waals surface area contributed by atoms with E-state index >= 15 is 0 Å². The van der Waals surface area contributed by atoms with Gasteiger partial charge in [0.1, 0.15) is 4.34 Å². The normalized spacial score (nSPS) is 21.7. The van der Waals surface area contributed by atoms with Crippen LogP contribution in [0.2, 0.25) is 0 Å². The molecule has 106 valence electrons. The Morgan fingerprint density at radius 1 is 1.63 bits per heavy atom. The van der Waals surface area contributed by atoms with E-state index in [1.54, 1.807) is 11.8 Å². The van der Waals surface area contributed by atoms with Gasteiger partial charge in [-0.15, -0.1) is 11.3 Å². The summed E-state index contributed by atoms with van der Waals surface area (Å²) in [6.45, 7) is 6.11. The van der Waals surface area contributed by atoms with Crippen LogP contribution in [0.15, 0.2) is 4.34 Å². The van der Waals surface area contributed by atoms with Crippen LogP contribution in [0.3, 0.4) is 0 Å². The van der Waals surface area contributed by atoms with Gasteiger partial charge in [-0.3, -0.25) is 4.79 Å². The van der Waals surface area contributed by atoms with E-state index in [2.05, 4.69) is 18.8 Å². The second kappa shape index (κ2) is 5.81. The van der Waals surface area contributed by atoms with Crippen molar-refractivity contribution in [1.82, 2.24) is 4.98 Å². The van der Waals surface area contributed by atoms with Crippen LogP contribution in [0.25, 0.3) is 0 Å². The third-order valence-electron chi connectivity index (χ3n) is 3.13. The van der Waals surface area contributed by atoms with E-state index in [1.165, 1.54) is 11.3 Å². The summed E-state index contributed by atoms with van der Waals surface area (Å²) in [7, 11) is 0. The predicted octanol–water partition coefficient (Wildman–Crippen LogP) is 3.13. The Morgan fingerprint density at radius 2 is 2.37 bits per heavy atom. The minimum atomic E-state index is -0.802. The summed E-state index contributed by atoms with van der Waals surface area (Å²) in [5, 5.41) is 8.81. The highest BCUT2D eigenvalue weighted by atomic mass is 32.2. The molecule has 1 aliphatic rings. The fourth-order valence-electron chi connectivity index (χ4n) is 2.12. The van der Waals surface area contributed by atoms with Gasteiger partial charge < -0.3 is 9.84 Å². The first-order valence-corrected chi connectivity index (χ1v) is 8.15. The van der Waals surface area contributed by atoms with Gasteiger partial charge in [0.25, 0.3) is 0 Å². The van der Waals surface area contributed by atoms with Gasteiger partial charge in [-0.05, 0) is 33.6 Å². The number of aromatic nitrogens is 1. The highest BCUT2D eigenvalue weighted by Crippen LogP contribution is 2.34. The van der Waals surface area contributed by atoms with Crippen LogP contribution >= 0.6 is 23.1 Å². The van der Waals surface area contributed by atoms with Gasteiger partial charge in [0.05, 0.1) is 23.8 Å². The third-order valence-corrected chi connectivity index (χ3v) is 5.56. The first kappa shape index (κ1) is 14.8. The van der Waals surface area contributed by atoms with Crippen LogP contribution in [0, 0.1) is 6.92 Å². The van der Waals surface area contributed by atoms with Crippen molar-refractivity contribution in [3.63, 3.8) is 0 Å². The summed E-state index contributed by atoms with van der Waals surface area (Å²) in [6, 6.07) is 0. The van der Waals surface area contributed by atoms with Crippen LogP contribution in [-0.2, 0) is 16.0 Å². The monoisotopic (exact) mass is 301 g/mol. The smallest absolute Gasteiger partial charge is 0.308 e. The van der Waals surface area contributed by atoms with Crippen LogP contribution in [0.5, 0.6) is 0 Å². The lowest BCUT2D eigenvalue weighted by molar-refractivity contribution is -0.136. The molecule has 4 nitrogen and oxygen atoms in total. The average molecular weight is 301 g/mol. The minimum absolute atomic E-state index is 0.00150. The molecular weight excluding hydrogens is 282 g/mol. The molecule has 1 aromatic rings. The standard InChI is InChI=1S/C13H19NO3S2/c1-8-10(6-11(15)16)19-12(14-8)18-7-9-4-5-13(2,3)17-9/h9H,4-7H2,1-3H3,(H,15,16).